The van der Waals surface area contributed by atoms with Crippen molar-refractivity contribution in [2.45, 2.75) is 18.9 Å². The number of imide groups is 2. The molecule has 1 N–H and O–H groups in total. The molecule has 0 saturated carbocycles. The molecule has 0 aliphatic carbocycles. The van der Waals surface area contributed by atoms with Gasteiger partial charge >= 0.3 is 0 Å². The van der Waals surface area contributed by atoms with Gasteiger partial charge in [-0.05, 0) is 29.5 Å². The van der Waals surface area contributed by atoms with Crippen LogP contribution in [0.1, 0.15) is 33.6 Å². The summed E-state index contributed by atoms with van der Waals surface area (Å²) in [7, 11) is 0. The number of carbonyl (C=O) groups is 4. The van der Waals surface area contributed by atoms with Crippen molar-refractivity contribution in [2.75, 3.05) is 0 Å². The summed E-state index contributed by atoms with van der Waals surface area (Å²) in [5.74, 6) is -2.31. The van der Waals surface area contributed by atoms with E-state index >= 15 is 0 Å². The van der Waals surface area contributed by atoms with Gasteiger partial charge in [-0.1, -0.05) is 23.3 Å². The lowest BCUT2D eigenvalue weighted by atomic mass is 9.91. The summed E-state index contributed by atoms with van der Waals surface area (Å²) >= 11 is 0. The van der Waals surface area contributed by atoms with E-state index in [2.05, 4.69) is 15.3 Å². The Morgan fingerprint density at radius 1 is 1.08 bits per heavy atom. The molecule has 9 nitrogen and oxygen atoms in total. The molecule has 2 heterocycles. The van der Waals surface area contributed by atoms with Gasteiger partial charge in [-0.25, -0.2) is 0 Å². The van der Waals surface area contributed by atoms with Crippen molar-refractivity contribution in [1.29, 1.82) is 0 Å². The van der Waals surface area contributed by atoms with Crippen LogP contribution in [0.2, 0.25) is 0 Å². The standard InChI is InChI=1S/C17H11N5O4/c18-21-20-11-5-4-10-14-8(11)2-1-3-9(14)16(25)22(17(10)26)12-6-7-13(23)19-15(12)24/h1-5,12H,6-7H2,(H,19,23,24). The van der Waals surface area contributed by atoms with Crippen LogP contribution in [0.15, 0.2) is 35.4 Å². The lowest BCUT2D eigenvalue weighted by molar-refractivity contribution is -0.136. The van der Waals surface area contributed by atoms with Gasteiger partial charge in [0.15, 0.2) is 0 Å². The fourth-order valence-corrected chi connectivity index (χ4v) is 3.45. The van der Waals surface area contributed by atoms with Crippen LogP contribution in [0, 0.1) is 0 Å². The Hall–Kier alpha value is -3.71. The highest BCUT2D eigenvalue weighted by atomic mass is 16.2. The van der Waals surface area contributed by atoms with Gasteiger partial charge in [0, 0.05) is 33.5 Å². The van der Waals surface area contributed by atoms with Gasteiger partial charge < -0.3 is 0 Å². The van der Waals surface area contributed by atoms with Crippen molar-refractivity contribution in [1.82, 2.24) is 10.2 Å². The molecule has 4 rings (SSSR count). The zero-order chi connectivity index (χ0) is 18.4. The van der Waals surface area contributed by atoms with E-state index in [4.69, 9.17) is 5.53 Å². The zero-order valence-corrected chi connectivity index (χ0v) is 13.3. The first kappa shape index (κ1) is 15.8. The molecule has 2 aliphatic heterocycles. The molecule has 26 heavy (non-hydrogen) atoms. The highest BCUT2D eigenvalue weighted by molar-refractivity contribution is 6.27. The Labute approximate surface area is 146 Å². The van der Waals surface area contributed by atoms with Gasteiger partial charge in [0.25, 0.3) is 11.8 Å². The molecule has 2 aliphatic rings. The molecule has 0 aromatic heterocycles. The van der Waals surface area contributed by atoms with E-state index in [0.717, 1.165) is 4.90 Å². The van der Waals surface area contributed by atoms with Crippen molar-refractivity contribution >= 4 is 40.1 Å². The molecule has 2 aromatic carbocycles. The second kappa shape index (κ2) is 5.68. The number of rotatable bonds is 2. The first-order chi connectivity index (χ1) is 12.5. The highest BCUT2D eigenvalue weighted by Gasteiger charge is 2.42. The van der Waals surface area contributed by atoms with Crippen molar-refractivity contribution in [3.8, 4) is 0 Å². The third-order valence-electron chi connectivity index (χ3n) is 4.59. The van der Waals surface area contributed by atoms with E-state index in [1.807, 2.05) is 0 Å². The van der Waals surface area contributed by atoms with Gasteiger partial charge in [0.1, 0.15) is 6.04 Å². The number of piperidine rings is 1. The van der Waals surface area contributed by atoms with Crippen LogP contribution in [-0.4, -0.2) is 34.6 Å². The van der Waals surface area contributed by atoms with Crippen molar-refractivity contribution in [3.63, 3.8) is 0 Å². The molecule has 1 atom stereocenters. The summed E-state index contributed by atoms with van der Waals surface area (Å²) in [6, 6.07) is 6.77. The number of benzene rings is 2. The summed E-state index contributed by atoms with van der Waals surface area (Å²) in [4.78, 5) is 53.1. The van der Waals surface area contributed by atoms with E-state index in [-0.39, 0.29) is 24.0 Å². The van der Waals surface area contributed by atoms with Crippen LogP contribution in [-0.2, 0) is 9.59 Å². The SMILES string of the molecule is [N-]=[N+]=Nc1ccc2c3c(cccc13)C(=O)N(C1CCC(=O)NC1=O)C2=O. The fourth-order valence-electron chi connectivity index (χ4n) is 3.45. The molecular weight excluding hydrogens is 338 g/mol. The number of hydrogen-bond donors (Lipinski definition) is 1. The van der Waals surface area contributed by atoms with Crippen molar-refractivity contribution in [2.24, 2.45) is 5.11 Å². The van der Waals surface area contributed by atoms with Crippen LogP contribution in [0.25, 0.3) is 21.2 Å². The Morgan fingerprint density at radius 2 is 1.81 bits per heavy atom. The smallest absolute Gasteiger partial charge is 0.262 e. The first-order valence-corrected chi connectivity index (χ1v) is 7.85. The lowest BCUT2D eigenvalue weighted by Crippen LogP contribution is -2.57. The average Bonchev–Trinajstić information content (AvgIpc) is 2.62. The second-order valence-electron chi connectivity index (χ2n) is 6.00. The van der Waals surface area contributed by atoms with Crippen molar-refractivity contribution < 1.29 is 19.2 Å². The number of azide groups is 1. The Kier molecular flexibility index (Phi) is 3.45. The number of amides is 4. The molecule has 1 saturated heterocycles. The maximum atomic E-state index is 12.9. The molecule has 1 fully saturated rings. The summed E-state index contributed by atoms with van der Waals surface area (Å²) in [6.07, 6.45) is 0.143. The van der Waals surface area contributed by atoms with Crippen LogP contribution in [0.5, 0.6) is 0 Å². The molecule has 9 heteroatoms. The number of nitrogens with zero attached hydrogens (tertiary/aromatic N) is 4. The summed E-state index contributed by atoms with van der Waals surface area (Å²) in [5.41, 5.74) is 9.50. The van der Waals surface area contributed by atoms with Gasteiger partial charge in [0.2, 0.25) is 11.8 Å². The maximum Gasteiger partial charge on any atom is 0.262 e. The topological polar surface area (TPSA) is 132 Å². The molecule has 1 unspecified atom stereocenters. The Bertz CT molecular complexity index is 1050. The van der Waals surface area contributed by atoms with Gasteiger partial charge in [0.05, 0.1) is 0 Å². The Morgan fingerprint density at radius 3 is 2.50 bits per heavy atom. The zero-order valence-electron chi connectivity index (χ0n) is 13.3. The lowest BCUT2D eigenvalue weighted by Gasteiger charge is -2.34. The van der Waals surface area contributed by atoms with Gasteiger partial charge in [-0.15, -0.1) is 0 Å². The molecule has 0 spiro atoms. The van der Waals surface area contributed by atoms with Crippen LogP contribution in [0.4, 0.5) is 5.69 Å². The van der Waals surface area contributed by atoms with Crippen molar-refractivity contribution in [3.05, 3.63) is 51.9 Å². The minimum absolute atomic E-state index is 0.0559. The monoisotopic (exact) mass is 349 g/mol. The third kappa shape index (κ3) is 2.15. The minimum Gasteiger partial charge on any atom is -0.295 e. The number of hydrogen-bond acceptors (Lipinski definition) is 5. The second-order valence-corrected chi connectivity index (χ2v) is 6.00. The molecule has 2 aromatic rings. The summed E-state index contributed by atoms with van der Waals surface area (Å²) < 4.78 is 0. The Balaban J connectivity index is 1.89. The van der Waals surface area contributed by atoms with E-state index in [1.54, 1.807) is 18.2 Å². The van der Waals surface area contributed by atoms with Crippen LogP contribution < -0.4 is 5.32 Å². The molecule has 0 bridgehead atoms. The fraction of sp³-hybridized carbons (Fsp3) is 0.176. The highest BCUT2D eigenvalue weighted by Crippen LogP contribution is 2.36. The minimum atomic E-state index is -1.03. The van der Waals surface area contributed by atoms with E-state index < -0.39 is 29.7 Å². The quantitative estimate of drug-likeness (QED) is 0.385. The first-order valence-electron chi connectivity index (χ1n) is 7.85. The molecule has 0 radical (unpaired) electrons. The molecular formula is C17H11N5O4. The summed E-state index contributed by atoms with van der Waals surface area (Å²) in [5, 5.41) is 6.65. The molecule has 4 amide bonds. The predicted octanol–water partition coefficient (Wildman–Crippen LogP) is 2.18. The largest absolute Gasteiger partial charge is 0.295 e. The molecule has 128 valence electrons. The van der Waals surface area contributed by atoms with Crippen LogP contribution >= 0.6 is 0 Å². The van der Waals surface area contributed by atoms with Gasteiger partial charge in [-0.3, -0.25) is 29.4 Å². The average molecular weight is 349 g/mol. The third-order valence-corrected chi connectivity index (χ3v) is 4.59. The normalized spacial score (nSPS) is 19.4. The number of nitrogens with one attached hydrogen (secondary N) is 1. The predicted molar refractivity (Wildman–Crippen MR) is 89.4 cm³/mol. The summed E-state index contributed by atoms with van der Waals surface area (Å²) in [6.45, 7) is 0. The maximum absolute atomic E-state index is 12.9. The van der Waals surface area contributed by atoms with E-state index in [0.29, 0.717) is 16.5 Å². The van der Waals surface area contributed by atoms with E-state index in [1.165, 1.54) is 12.1 Å². The van der Waals surface area contributed by atoms with Crippen LogP contribution in [0.3, 0.4) is 0 Å². The van der Waals surface area contributed by atoms with Gasteiger partial charge in [-0.2, -0.15) is 0 Å². The van der Waals surface area contributed by atoms with E-state index in [9.17, 15) is 19.2 Å². The number of carbonyl (C=O) groups excluding carboxylic acids is 4.